The van der Waals surface area contributed by atoms with E-state index in [9.17, 15) is 10.1 Å². The predicted octanol–water partition coefficient (Wildman–Crippen LogP) is 2.59. The molecule has 0 aliphatic heterocycles. The smallest absolute Gasteiger partial charge is 0.287 e. The van der Waals surface area contributed by atoms with Crippen molar-refractivity contribution >= 4 is 11.5 Å². The number of anilines is 1. The largest absolute Gasteiger partial charge is 0.370 e. The lowest BCUT2D eigenvalue weighted by atomic mass is 10.1. The van der Waals surface area contributed by atoms with E-state index < -0.39 is 4.92 Å². The molecule has 0 saturated heterocycles. The first-order valence-corrected chi connectivity index (χ1v) is 5.60. The van der Waals surface area contributed by atoms with E-state index in [1.165, 1.54) is 37.9 Å². The van der Waals surface area contributed by atoms with Gasteiger partial charge in [0.2, 0.25) is 0 Å². The molecule has 1 saturated carbocycles. The van der Waals surface area contributed by atoms with Gasteiger partial charge in [0, 0.05) is 12.6 Å². The summed E-state index contributed by atoms with van der Waals surface area (Å²) in [5, 5.41) is 13.6. The number of hydrogen-bond acceptors (Lipinski definition) is 4. The first kappa shape index (κ1) is 10.9. The molecule has 0 radical (unpaired) electrons. The first-order chi connectivity index (χ1) is 7.75. The summed E-state index contributed by atoms with van der Waals surface area (Å²) in [6.07, 6.45) is 6.48. The van der Waals surface area contributed by atoms with Crippen LogP contribution < -0.4 is 5.32 Å². The number of nitrogens with zero attached hydrogens (tertiary/aromatic N) is 2. The van der Waals surface area contributed by atoms with Crippen LogP contribution in [0.4, 0.5) is 11.5 Å². The summed E-state index contributed by atoms with van der Waals surface area (Å²) < 4.78 is 0. The van der Waals surface area contributed by atoms with Gasteiger partial charge in [-0.15, -0.1) is 0 Å². The van der Waals surface area contributed by atoms with Crippen LogP contribution in [-0.2, 0) is 0 Å². The minimum Gasteiger partial charge on any atom is -0.370 e. The molecule has 1 heterocycles. The molecule has 0 unspecified atom stereocenters. The Morgan fingerprint density at radius 2 is 2.19 bits per heavy atom. The van der Waals surface area contributed by atoms with Gasteiger partial charge in [-0.25, -0.2) is 4.98 Å². The number of pyridine rings is 1. The summed E-state index contributed by atoms with van der Waals surface area (Å²) in [5.74, 6) is 1.45. The zero-order chi connectivity index (χ0) is 11.4. The van der Waals surface area contributed by atoms with E-state index in [1.807, 2.05) is 0 Å². The van der Waals surface area contributed by atoms with Crippen LogP contribution in [0.2, 0.25) is 0 Å². The molecule has 0 bridgehead atoms. The Hall–Kier alpha value is -1.65. The number of nitrogens with one attached hydrogen (secondary N) is 1. The zero-order valence-corrected chi connectivity index (χ0v) is 9.06. The van der Waals surface area contributed by atoms with Gasteiger partial charge >= 0.3 is 0 Å². The third kappa shape index (κ3) is 2.68. The molecular weight excluding hydrogens is 206 g/mol. The SMILES string of the molecule is O=[N+]([O-])c1ccc(NCC2CCCC2)nc1. The van der Waals surface area contributed by atoms with E-state index in [0.29, 0.717) is 0 Å². The van der Waals surface area contributed by atoms with Crippen LogP contribution in [0.15, 0.2) is 18.3 Å². The molecule has 0 spiro atoms. The maximum atomic E-state index is 10.4. The average Bonchev–Trinajstić information content (AvgIpc) is 2.80. The lowest BCUT2D eigenvalue weighted by Crippen LogP contribution is -2.11. The molecule has 0 atom stereocenters. The lowest BCUT2D eigenvalue weighted by molar-refractivity contribution is -0.385. The number of aromatic nitrogens is 1. The maximum absolute atomic E-state index is 10.4. The highest BCUT2D eigenvalue weighted by molar-refractivity contribution is 5.40. The lowest BCUT2D eigenvalue weighted by Gasteiger charge is -2.10. The molecule has 1 N–H and O–H groups in total. The summed E-state index contributed by atoms with van der Waals surface area (Å²) in [4.78, 5) is 14.0. The Bertz CT molecular complexity index is 358. The van der Waals surface area contributed by atoms with Gasteiger partial charge < -0.3 is 5.32 Å². The Morgan fingerprint density at radius 1 is 1.44 bits per heavy atom. The molecule has 1 aliphatic carbocycles. The molecule has 1 aromatic rings. The summed E-state index contributed by atoms with van der Waals surface area (Å²) in [5.41, 5.74) is 0.0337. The van der Waals surface area contributed by atoms with Crippen LogP contribution >= 0.6 is 0 Å². The van der Waals surface area contributed by atoms with Gasteiger partial charge in [0.1, 0.15) is 12.0 Å². The van der Waals surface area contributed by atoms with Gasteiger partial charge in [0.25, 0.3) is 5.69 Å². The van der Waals surface area contributed by atoms with E-state index >= 15 is 0 Å². The van der Waals surface area contributed by atoms with E-state index in [-0.39, 0.29) is 5.69 Å². The van der Waals surface area contributed by atoms with E-state index in [0.717, 1.165) is 18.3 Å². The average molecular weight is 221 g/mol. The van der Waals surface area contributed by atoms with Crippen molar-refractivity contribution in [3.05, 3.63) is 28.4 Å². The molecule has 1 aliphatic rings. The van der Waals surface area contributed by atoms with Crippen LogP contribution in [0.5, 0.6) is 0 Å². The second-order valence-electron chi connectivity index (χ2n) is 4.19. The van der Waals surface area contributed by atoms with Crippen molar-refractivity contribution in [2.45, 2.75) is 25.7 Å². The minimum absolute atomic E-state index is 0.0337. The first-order valence-electron chi connectivity index (χ1n) is 5.60. The normalized spacial score (nSPS) is 16.2. The molecule has 5 heteroatoms. The van der Waals surface area contributed by atoms with Gasteiger partial charge in [0.15, 0.2) is 0 Å². The Morgan fingerprint density at radius 3 is 2.75 bits per heavy atom. The molecule has 5 nitrogen and oxygen atoms in total. The molecule has 16 heavy (non-hydrogen) atoms. The van der Waals surface area contributed by atoms with E-state index in [4.69, 9.17) is 0 Å². The van der Waals surface area contributed by atoms with Crippen molar-refractivity contribution in [1.29, 1.82) is 0 Å². The number of hydrogen-bond donors (Lipinski definition) is 1. The van der Waals surface area contributed by atoms with Crippen molar-refractivity contribution in [1.82, 2.24) is 4.98 Å². The Kier molecular flexibility index (Phi) is 3.34. The zero-order valence-electron chi connectivity index (χ0n) is 9.06. The standard InChI is InChI=1S/C11H15N3O2/c15-14(16)10-5-6-11(13-8-10)12-7-9-3-1-2-4-9/h5-6,8-9H,1-4,7H2,(H,12,13). The second-order valence-corrected chi connectivity index (χ2v) is 4.19. The molecule has 2 rings (SSSR count). The Balaban J connectivity index is 1.87. The van der Waals surface area contributed by atoms with Crippen molar-refractivity contribution < 1.29 is 4.92 Å². The molecular formula is C11H15N3O2. The summed E-state index contributed by atoms with van der Waals surface area (Å²) in [6, 6.07) is 3.14. The highest BCUT2D eigenvalue weighted by Crippen LogP contribution is 2.24. The predicted molar refractivity (Wildman–Crippen MR) is 61.3 cm³/mol. The molecule has 0 aromatic carbocycles. The van der Waals surface area contributed by atoms with Gasteiger partial charge in [0.05, 0.1) is 4.92 Å². The van der Waals surface area contributed by atoms with Crippen molar-refractivity contribution in [3.8, 4) is 0 Å². The number of rotatable bonds is 4. The summed E-state index contributed by atoms with van der Waals surface area (Å²) in [7, 11) is 0. The topological polar surface area (TPSA) is 68.1 Å². The third-order valence-corrected chi connectivity index (χ3v) is 3.01. The highest BCUT2D eigenvalue weighted by Gasteiger charge is 2.14. The second kappa shape index (κ2) is 4.92. The van der Waals surface area contributed by atoms with Crippen LogP contribution in [0.3, 0.4) is 0 Å². The van der Waals surface area contributed by atoms with Crippen molar-refractivity contribution in [2.24, 2.45) is 5.92 Å². The monoisotopic (exact) mass is 221 g/mol. The molecule has 1 aromatic heterocycles. The van der Waals surface area contributed by atoms with Gasteiger partial charge in [-0.05, 0) is 24.8 Å². The fourth-order valence-electron chi connectivity index (χ4n) is 2.06. The van der Waals surface area contributed by atoms with Crippen molar-refractivity contribution in [2.75, 3.05) is 11.9 Å². The summed E-state index contributed by atoms with van der Waals surface area (Å²) >= 11 is 0. The third-order valence-electron chi connectivity index (χ3n) is 3.01. The highest BCUT2D eigenvalue weighted by atomic mass is 16.6. The van der Waals surface area contributed by atoms with Crippen LogP contribution in [-0.4, -0.2) is 16.5 Å². The van der Waals surface area contributed by atoms with Gasteiger partial charge in [-0.2, -0.15) is 0 Å². The van der Waals surface area contributed by atoms with E-state index in [2.05, 4.69) is 10.3 Å². The minimum atomic E-state index is -0.437. The van der Waals surface area contributed by atoms with Crippen LogP contribution in [0.1, 0.15) is 25.7 Å². The van der Waals surface area contributed by atoms with Crippen molar-refractivity contribution in [3.63, 3.8) is 0 Å². The van der Waals surface area contributed by atoms with Crippen LogP contribution in [0.25, 0.3) is 0 Å². The van der Waals surface area contributed by atoms with E-state index in [1.54, 1.807) is 6.07 Å². The van der Waals surface area contributed by atoms with Gasteiger partial charge in [-0.1, -0.05) is 12.8 Å². The maximum Gasteiger partial charge on any atom is 0.287 e. The van der Waals surface area contributed by atoms with Crippen LogP contribution in [0, 0.1) is 16.0 Å². The Labute approximate surface area is 94.0 Å². The molecule has 0 amide bonds. The fourth-order valence-corrected chi connectivity index (χ4v) is 2.06. The summed E-state index contributed by atoms with van der Waals surface area (Å²) in [6.45, 7) is 0.921. The van der Waals surface area contributed by atoms with Gasteiger partial charge in [-0.3, -0.25) is 10.1 Å². The molecule has 86 valence electrons. The quantitative estimate of drug-likeness (QED) is 0.626. The molecule has 1 fully saturated rings. The fraction of sp³-hybridized carbons (Fsp3) is 0.545. The number of nitro groups is 1.